The number of nitrogens with one attached hydrogen (secondary N) is 2. The van der Waals surface area contributed by atoms with Crippen LogP contribution in [0.1, 0.15) is 25.3 Å². The molecule has 0 saturated carbocycles. The van der Waals surface area contributed by atoms with E-state index in [-0.39, 0.29) is 11.8 Å². The van der Waals surface area contributed by atoms with Gasteiger partial charge in [0.05, 0.1) is 11.4 Å². The van der Waals surface area contributed by atoms with Crippen molar-refractivity contribution in [2.24, 2.45) is 5.92 Å². The van der Waals surface area contributed by atoms with Gasteiger partial charge in [0.15, 0.2) is 0 Å². The summed E-state index contributed by atoms with van der Waals surface area (Å²) in [5.74, 6) is 0.239. The lowest BCUT2D eigenvalue weighted by Gasteiger charge is -2.28. The molecule has 2 aromatic carbocycles. The van der Waals surface area contributed by atoms with E-state index in [2.05, 4.69) is 52.8 Å². The van der Waals surface area contributed by atoms with Crippen LogP contribution in [0, 0.1) is 5.92 Å². The number of nitrogens with zero attached hydrogens (tertiary/aromatic N) is 1. The first-order chi connectivity index (χ1) is 12.2. The summed E-state index contributed by atoms with van der Waals surface area (Å²) in [6.45, 7) is 4.02. The van der Waals surface area contributed by atoms with Crippen LogP contribution in [0.4, 0.5) is 17.1 Å². The van der Waals surface area contributed by atoms with E-state index >= 15 is 0 Å². The summed E-state index contributed by atoms with van der Waals surface area (Å²) in [5, 5.41) is 6.61. The Kier molecular flexibility index (Phi) is 4.45. The molecule has 2 heterocycles. The van der Waals surface area contributed by atoms with Gasteiger partial charge in [-0.15, -0.1) is 0 Å². The maximum atomic E-state index is 12.8. The molecule has 130 valence electrons. The number of hydrogen-bond acceptors (Lipinski definition) is 3. The molecule has 2 atom stereocenters. The second kappa shape index (κ2) is 6.89. The van der Waals surface area contributed by atoms with Crippen LogP contribution >= 0.6 is 0 Å². The van der Waals surface area contributed by atoms with Crippen molar-refractivity contribution in [2.45, 2.75) is 32.2 Å². The molecule has 0 radical (unpaired) electrons. The van der Waals surface area contributed by atoms with Gasteiger partial charge in [-0.05, 0) is 56.5 Å². The zero-order valence-electron chi connectivity index (χ0n) is 14.7. The maximum absolute atomic E-state index is 12.8. The minimum Gasteiger partial charge on any atom is -0.339 e. The molecule has 25 heavy (non-hydrogen) atoms. The Bertz CT molecular complexity index is 773. The predicted molar refractivity (Wildman–Crippen MR) is 102 cm³/mol. The van der Waals surface area contributed by atoms with Gasteiger partial charge < -0.3 is 15.5 Å². The Labute approximate surface area is 149 Å². The molecule has 0 spiro atoms. The molecule has 2 aliphatic rings. The van der Waals surface area contributed by atoms with Crippen molar-refractivity contribution in [3.8, 4) is 0 Å². The van der Waals surface area contributed by atoms with Gasteiger partial charge in [-0.3, -0.25) is 4.79 Å². The number of fused-ring (bicyclic) bond motifs is 1. The van der Waals surface area contributed by atoms with E-state index in [9.17, 15) is 4.79 Å². The number of para-hydroxylation sites is 3. The van der Waals surface area contributed by atoms with Crippen LogP contribution in [0.2, 0.25) is 0 Å². The van der Waals surface area contributed by atoms with Crippen molar-refractivity contribution in [1.29, 1.82) is 0 Å². The minimum absolute atomic E-state index is 0.0928. The van der Waals surface area contributed by atoms with Crippen LogP contribution in [0.5, 0.6) is 0 Å². The molecule has 1 fully saturated rings. The highest BCUT2D eigenvalue weighted by Gasteiger charge is 2.27. The van der Waals surface area contributed by atoms with Crippen LogP contribution in [-0.2, 0) is 11.2 Å². The number of rotatable bonds is 3. The molecule has 0 aromatic heterocycles. The quantitative estimate of drug-likeness (QED) is 0.899. The van der Waals surface area contributed by atoms with Gasteiger partial charge in [0.2, 0.25) is 5.91 Å². The van der Waals surface area contributed by atoms with E-state index < -0.39 is 0 Å². The third-order valence-corrected chi connectivity index (χ3v) is 5.33. The molecule has 2 aliphatic heterocycles. The Morgan fingerprint density at radius 3 is 2.72 bits per heavy atom. The highest BCUT2D eigenvalue weighted by Crippen LogP contribution is 2.38. The van der Waals surface area contributed by atoms with E-state index in [1.54, 1.807) is 0 Å². The van der Waals surface area contributed by atoms with Crippen LogP contribution in [0.15, 0.2) is 48.5 Å². The topological polar surface area (TPSA) is 44.4 Å². The smallest absolute Gasteiger partial charge is 0.227 e. The van der Waals surface area contributed by atoms with Gasteiger partial charge in [0.25, 0.3) is 0 Å². The van der Waals surface area contributed by atoms with Crippen LogP contribution < -0.4 is 15.5 Å². The SMILES string of the molecule is C[C@H]1C[C@@H](C(=O)Nc2ccccc2N2CCc3ccccc32)CCN1. The van der Waals surface area contributed by atoms with Crippen LogP contribution in [0.3, 0.4) is 0 Å². The number of benzene rings is 2. The number of hydrogen-bond donors (Lipinski definition) is 2. The average molecular weight is 335 g/mol. The van der Waals surface area contributed by atoms with Gasteiger partial charge in [-0.2, -0.15) is 0 Å². The molecule has 0 aliphatic carbocycles. The summed E-state index contributed by atoms with van der Waals surface area (Å²) in [4.78, 5) is 15.1. The van der Waals surface area contributed by atoms with Gasteiger partial charge in [-0.25, -0.2) is 0 Å². The summed E-state index contributed by atoms with van der Waals surface area (Å²) in [6.07, 6.45) is 2.86. The Morgan fingerprint density at radius 2 is 1.88 bits per heavy atom. The molecule has 0 bridgehead atoms. The van der Waals surface area contributed by atoms with Crippen molar-refractivity contribution in [3.05, 3.63) is 54.1 Å². The fraction of sp³-hybridized carbons (Fsp3) is 0.381. The zero-order valence-corrected chi connectivity index (χ0v) is 14.7. The van der Waals surface area contributed by atoms with Crippen molar-refractivity contribution in [2.75, 3.05) is 23.3 Å². The number of piperidine rings is 1. The predicted octanol–water partition coefficient (Wildman–Crippen LogP) is 3.71. The third-order valence-electron chi connectivity index (χ3n) is 5.33. The van der Waals surface area contributed by atoms with Crippen LogP contribution in [0.25, 0.3) is 0 Å². The minimum atomic E-state index is 0.0928. The first kappa shape index (κ1) is 16.2. The monoisotopic (exact) mass is 335 g/mol. The number of amides is 1. The Morgan fingerprint density at radius 1 is 1.12 bits per heavy atom. The van der Waals surface area contributed by atoms with Gasteiger partial charge in [0.1, 0.15) is 0 Å². The fourth-order valence-corrected chi connectivity index (χ4v) is 4.01. The van der Waals surface area contributed by atoms with Gasteiger partial charge >= 0.3 is 0 Å². The highest BCUT2D eigenvalue weighted by atomic mass is 16.1. The van der Waals surface area contributed by atoms with E-state index in [1.165, 1.54) is 11.3 Å². The van der Waals surface area contributed by atoms with Crippen LogP contribution in [-0.4, -0.2) is 25.0 Å². The summed E-state index contributed by atoms with van der Waals surface area (Å²) in [5.41, 5.74) is 4.62. The van der Waals surface area contributed by atoms with Gasteiger partial charge in [0, 0.05) is 24.2 Å². The summed E-state index contributed by atoms with van der Waals surface area (Å²) in [6, 6.07) is 17.1. The Hall–Kier alpha value is -2.33. The van der Waals surface area contributed by atoms with Crippen molar-refractivity contribution in [1.82, 2.24) is 5.32 Å². The number of carbonyl (C=O) groups is 1. The maximum Gasteiger partial charge on any atom is 0.227 e. The summed E-state index contributed by atoms with van der Waals surface area (Å²) in [7, 11) is 0. The largest absolute Gasteiger partial charge is 0.339 e. The first-order valence-corrected chi connectivity index (χ1v) is 9.21. The molecule has 2 N–H and O–H groups in total. The lowest BCUT2D eigenvalue weighted by Crippen LogP contribution is -2.40. The third kappa shape index (κ3) is 3.27. The van der Waals surface area contributed by atoms with E-state index in [4.69, 9.17) is 0 Å². The lowest BCUT2D eigenvalue weighted by molar-refractivity contribution is -0.120. The second-order valence-corrected chi connectivity index (χ2v) is 7.11. The Balaban J connectivity index is 1.57. The molecular weight excluding hydrogens is 310 g/mol. The second-order valence-electron chi connectivity index (χ2n) is 7.11. The van der Waals surface area contributed by atoms with E-state index in [0.29, 0.717) is 6.04 Å². The normalized spacial score (nSPS) is 22.5. The van der Waals surface area contributed by atoms with Crippen molar-refractivity contribution in [3.63, 3.8) is 0 Å². The molecule has 4 rings (SSSR count). The zero-order chi connectivity index (χ0) is 17.2. The molecule has 1 amide bonds. The van der Waals surface area contributed by atoms with Gasteiger partial charge in [-0.1, -0.05) is 30.3 Å². The summed E-state index contributed by atoms with van der Waals surface area (Å²) >= 11 is 0. The van der Waals surface area contributed by atoms with E-state index in [1.807, 2.05) is 18.2 Å². The highest BCUT2D eigenvalue weighted by molar-refractivity contribution is 5.97. The average Bonchev–Trinajstić information content (AvgIpc) is 3.06. The first-order valence-electron chi connectivity index (χ1n) is 9.21. The molecular formula is C21H25N3O. The number of anilines is 3. The molecule has 1 saturated heterocycles. The number of carbonyl (C=O) groups excluding carboxylic acids is 1. The summed E-state index contributed by atoms with van der Waals surface area (Å²) < 4.78 is 0. The molecule has 2 aromatic rings. The lowest BCUT2D eigenvalue weighted by atomic mass is 9.92. The molecule has 4 heteroatoms. The standard InChI is InChI=1S/C21H25N3O/c1-15-14-17(10-12-22-15)21(25)23-18-7-3-5-9-20(18)24-13-11-16-6-2-4-8-19(16)24/h2-9,15,17,22H,10-14H2,1H3,(H,23,25)/t15-,17-/m0/s1. The molecule has 4 nitrogen and oxygen atoms in total. The van der Waals surface area contributed by atoms with Crippen molar-refractivity contribution < 1.29 is 4.79 Å². The molecule has 0 unspecified atom stereocenters. The fourth-order valence-electron chi connectivity index (χ4n) is 4.01. The van der Waals surface area contributed by atoms with Crippen molar-refractivity contribution >= 4 is 23.0 Å². The van der Waals surface area contributed by atoms with E-state index in [0.717, 1.165) is 43.7 Å².